The van der Waals surface area contributed by atoms with Gasteiger partial charge in [-0.3, -0.25) is 0 Å². The number of amides is 2. The summed E-state index contributed by atoms with van der Waals surface area (Å²) in [4.78, 5) is 17.8. The highest BCUT2D eigenvalue weighted by atomic mass is 35.5. The molecule has 1 aromatic heterocycles. The number of aliphatic hydroxyl groups is 1. The minimum Gasteiger partial charge on any atom is -0.396 e. The number of likely N-dealkylation sites (tertiary alicyclic amines) is 1. The van der Waals surface area contributed by atoms with Crippen molar-refractivity contribution >= 4 is 35.1 Å². The van der Waals surface area contributed by atoms with Gasteiger partial charge in [-0.1, -0.05) is 23.2 Å². The van der Waals surface area contributed by atoms with E-state index in [-0.39, 0.29) is 12.6 Å². The van der Waals surface area contributed by atoms with Gasteiger partial charge in [0.25, 0.3) is 0 Å². The Balaban J connectivity index is 1.67. The highest BCUT2D eigenvalue weighted by Gasteiger charge is 2.21. The number of piperidine rings is 1. The van der Waals surface area contributed by atoms with Crippen molar-refractivity contribution in [2.75, 3.05) is 38.1 Å². The van der Waals surface area contributed by atoms with E-state index < -0.39 is 0 Å². The first-order chi connectivity index (χ1) is 10.6. The lowest BCUT2D eigenvalue weighted by Crippen LogP contribution is -2.45. The molecule has 0 unspecified atom stereocenters. The third-order valence-electron chi connectivity index (χ3n) is 3.66. The molecule has 0 saturated carbocycles. The van der Waals surface area contributed by atoms with Gasteiger partial charge in [0.15, 0.2) is 0 Å². The Morgan fingerprint density at radius 2 is 2.09 bits per heavy atom. The van der Waals surface area contributed by atoms with E-state index in [0.717, 1.165) is 12.8 Å². The number of aliphatic hydroxyl groups excluding tert-OH is 1. The van der Waals surface area contributed by atoms with Crippen molar-refractivity contribution in [3.8, 4) is 0 Å². The van der Waals surface area contributed by atoms with Crippen molar-refractivity contribution in [1.29, 1.82) is 0 Å². The van der Waals surface area contributed by atoms with Crippen molar-refractivity contribution in [2.45, 2.75) is 12.8 Å². The van der Waals surface area contributed by atoms with E-state index in [9.17, 15) is 4.79 Å². The number of hydrogen-bond acceptors (Lipinski definition) is 4. The highest BCUT2D eigenvalue weighted by Crippen LogP contribution is 2.22. The van der Waals surface area contributed by atoms with Crippen LogP contribution in [-0.4, -0.2) is 53.8 Å². The molecule has 0 bridgehead atoms. The molecule has 1 aliphatic heterocycles. The van der Waals surface area contributed by atoms with Crippen molar-refractivity contribution < 1.29 is 9.90 Å². The van der Waals surface area contributed by atoms with E-state index in [1.807, 2.05) is 0 Å². The summed E-state index contributed by atoms with van der Waals surface area (Å²) in [5.74, 6) is 0.868. The van der Waals surface area contributed by atoms with E-state index in [1.165, 1.54) is 6.20 Å². The second kappa shape index (κ2) is 8.41. The van der Waals surface area contributed by atoms with Crippen LogP contribution in [0.25, 0.3) is 0 Å². The smallest absolute Gasteiger partial charge is 0.317 e. The summed E-state index contributed by atoms with van der Waals surface area (Å²) in [6.07, 6.45) is 3.22. The van der Waals surface area contributed by atoms with Gasteiger partial charge in [0.05, 0.1) is 10.0 Å². The molecule has 0 radical (unpaired) electrons. The van der Waals surface area contributed by atoms with Gasteiger partial charge in [0.2, 0.25) is 0 Å². The predicted molar refractivity (Wildman–Crippen MR) is 87.5 cm³/mol. The van der Waals surface area contributed by atoms with Gasteiger partial charge in [-0.15, -0.1) is 0 Å². The third kappa shape index (κ3) is 4.90. The van der Waals surface area contributed by atoms with E-state index in [0.29, 0.717) is 48.0 Å². The topological polar surface area (TPSA) is 77.5 Å². The number of anilines is 1. The Morgan fingerprint density at radius 3 is 2.73 bits per heavy atom. The molecule has 1 aromatic rings. The molecule has 1 fully saturated rings. The third-order valence-corrected chi connectivity index (χ3v) is 4.16. The average Bonchev–Trinajstić information content (AvgIpc) is 2.53. The summed E-state index contributed by atoms with van der Waals surface area (Å²) >= 11 is 11.8. The van der Waals surface area contributed by atoms with Gasteiger partial charge in [-0.25, -0.2) is 9.78 Å². The molecule has 2 amide bonds. The van der Waals surface area contributed by atoms with Gasteiger partial charge in [-0.05, 0) is 24.8 Å². The lowest BCUT2D eigenvalue weighted by atomic mass is 9.98. The fourth-order valence-corrected chi connectivity index (χ4v) is 2.77. The quantitative estimate of drug-likeness (QED) is 0.714. The molecule has 0 atom stereocenters. The minimum absolute atomic E-state index is 0.0756. The number of urea groups is 1. The summed E-state index contributed by atoms with van der Waals surface area (Å²) < 4.78 is 0. The maximum Gasteiger partial charge on any atom is 0.317 e. The van der Waals surface area contributed by atoms with E-state index in [1.54, 1.807) is 11.0 Å². The maximum absolute atomic E-state index is 12.0. The average molecular weight is 347 g/mol. The van der Waals surface area contributed by atoms with Crippen LogP contribution < -0.4 is 10.6 Å². The van der Waals surface area contributed by atoms with Crippen LogP contribution in [0.5, 0.6) is 0 Å². The van der Waals surface area contributed by atoms with Crippen LogP contribution in [0.3, 0.4) is 0 Å². The number of nitrogens with zero attached hydrogens (tertiary/aromatic N) is 2. The monoisotopic (exact) mass is 346 g/mol. The van der Waals surface area contributed by atoms with E-state index in [4.69, 9.17) is 28.3 Å². The lowest BCUT2D eigenvalue weighted by molar-refractivity contribution is 0.137. The molecule has 22 heavy (non-hydrogen) atoms. The van der Waals surface area contributed by atoms with Gasteiger partial charge in [0.1, 0.15) is 5.82 Å². The zero-order valence-corrected chi connectivity index (χ0v) is 13.7. The van der Waals surface area contributed by atoms with Crippen LogP contribution in [0.2, 0.25) is 10.0 Å². The zero-order valence-electron chi connectivity index (χ0n) is 12.2. The molecule has 0 aliphatic carbocycles. The standard InChI is InChI=1S/C14H20Cl2N4O2/c15-11-7-12(16)13(19-8-11)17-3-4-18-14(22)20-5-1-10(9-21)2-6-20/h7-8,10,21H,1-6,9H2,(H,17,19)(H,18,22). The van der Waals surface area contributed by atoms with E-state index in [2.05, 4.69) is 15.6 Å². The van der Waals surface area contributed by atoms with Crippen LogP contribution in [0.15, 0.2) is 12.3 Å². The number of carbonyl (C=O) groups is 1. The molecule has 1 aliphatic rings. The summed E-state index contributed by atoms with van der Waals surface area (Å²) in [5, 5.41) is 15.9. The first-order valence-corrected chi connectivity index (χ1v) is 8.04. The van der Waals surface area contributed by atoms with Gasteiger partial charge >= 0.3 is 6.03 Å². The molecule has 0 spiro atoms. The Hall–Kier alpha value is -1.24. The van der Waals surface area contributed by atoms with Crippen LogP contribution in [0, 0.1) is 5.92 Å². The van der Waals surface area contributed by atoms with Crippen molar-refractivity contribution in [2.24, 2.45) is 5.92 Å². The summed E-state index contributed by atoms with van der Waals surface area (Å²) in [5.41, 5.74) is 0. The fourth-order valence-electron chi connectivity index (χ4n) is 2.33. The Kier molecular flexibility index (Phi) is 6.54. The molecule has 122 valence electrons. The number of hydrogen-bond donors (Lipinski definition) is 3. The van der Waals surface area contributed by atoms with Crippen LogP contribution in [-0.2, 0) is 0 Å². The second-order valence-electron chi connectivity index (χ2n) is 5.26. The number of carbonyl (C=O) groups excluding carboxylic acids is 1. The SMILES string of the molecule is O=C(NCCNc1ncc(Cl)cc1Cl)N1CCC(CO)CC1. The molecule has 0 aromatic carbocycles. The number of nitrogens with one attached hydrogen (secondary N) is 2. The summed E-state index contributed by atoms with van der Waals surface area (Å²) in [7, 11) is 0. The molecular weight excluding hydrogens is 327 g/mol. The fraction of sp³-hybridized carbons (Fsp3) is 0.571. The van der Waals surface area contributed by atoms with Crippen LogP contribution in [0.1, 0.15) is 12.8 Å². The molecule has 6 nitrogen and oxygen atoms in total. The summed E-state index contributed by atoms with van der Waals surface area (Å²) in [6, 6.07) is 1.54. The van der Waals surface area contributed by atoms with Gasteiger partial charge in [-0.2, -0.15) is 0 Å². The molecule has 2 rings (SSSR count). The molecule has 3 N–H and O–H groups in total. The number of aromatic nitrogens is 1. The number of rotatable bonds is 5. The lowest BCUT2D eigenvalue weighted by Gasteiger charge is -2.31. The van der Waals surface area contributed by atoms with Crippen LogP contribution >= 0.6 is 23.2 Å². The second-order valence-corrected chi connectivity index (χ2v) is 6.10. The van der Waals surface area contributed by atoms with Gasteiger partial charge in [0, 0.05) is 39.0 Å². The first kappa shape index (κ1) is 17.1. The van der Waals surface area contributed by atoms with Crippen molar-refractivity contribution in [1.82, 2.24) is 15.2 Å². The zero-order chi connectivity index (χ0) is 15.9. The predicted octanol–water partition coefficient (Wildman–Crippen LogP) is 2.21. The Morgan fingerprint density at radius 1 is 1.36 bits per heavy atom. The Bertz CT molecular complexity index is 508. The maximum atomic E-state index is 12.0. The molecule has 1 saturated heterocycles. The molecule has 2 heterocycles. The minimum atomic E-state index is -0.0756. The largest absolute Gasteiger partial charge is 0.396 e. The normalized spacial score (nSPS) is 15.7. The van der Waals surface area contributed by atoms with Crippen molar-refractivity contribution in [3.05, 3.63) is 22.3 Å². The molecular formula is C14H20Cl2N4O2. The van der Waals surface area contributed by atoms with Gasteiger partial charge < -0.3 is 20.6 Å². The summed E-state index contributed by atoms with van der Waals surface area (Å²) in [6.45, 7) is 2.57. The van der Waals surface area contributed by atoms with E-state index >= 15 is 0 Å². The first-order valence-electron chi connectivity index (χ1n) is 7.28. The Labute approximate surface area is 139 Å². The van der Waals surface area contributed by atoms with Crippen LogP contribution in [0.4, 0.5) is 10.6 Å². The number of halogens is 2. The molecule has 8 heteroatoms. The van der Waals surface area contributed by atoms with Crippen molar-refractivity contribution in [3.63, 3.8) is 0 Å². The highest BCUT2D eigenvalue weighted by molar-refractivity contribution is 6.35. The number of pyridine rings is 1.